The lowest BCUT2D eigenvalue weighted by molar-refractivity contribution is 0.112. The lowest BCUT2D eigenvalue weighted by atomic mass is 10.3. The second-order valence-corrected chi connectivity index (χ2v) is 4.09. The van der Waals surface area contributed by atoms with Crippen LogP contribution in [0.3, 0.4) is 0 Å². The van der Waals surface area contributed by atoms with Crippen LogP contribution >= 0.6 is 27.5 Å². The van der Waals surface area contributed by atoms with Gasteiger partial charge in [0.15, 0.2) is 6.29 Å². The molecule has 0 N–H and O–H groups in total. The normalized spacial score (nSPS) is 10.3. The van der Waals surface area contributed by atoms with Crippen LogP contribution in [0.15, 0.2) is 35.1 Å². The summed E-state index contributed by atoms with van der Waals surface area (Å²) in [6, 6.07) is 7.24. The Hall–Kier alpha value is -1.13. The second kappa shape index (κ2) is 4.16. The van der Waals surface area contributed by atoms with Crippen molar-refractivity contribution in [1.29, 1.82) is 0 Å². The van der Waals surface area contributed by atoms with Gasteiger partial charge in [0.1, 0.15) is 4.60 Å². The first kappa shape index (κ1) is 10.4. The molecule has 1 aromatic carbocycles. The van der Waals surface area contributed by atoms with Crippen LogP contribution in [0.2, 0.25) is 5.02 Å². The van der Waals surface area contributed by atoms with E-state index in [1.807, 2.05) is 12.1 Å². The Morgan fingerprint density at radius 3 is 2.87 bits per heavy atom. The predicted octanol–water partition coefficient (Wildman–Crippen LogP) is 3.10. The average Bonchev–Trinajstić information content (AvgIpc) is 2.59. The smallest absolute Gasteiger partial charge is 0.154 e. The van der Waals surface area contributed by atoms with E-state index in [4.69, 9.17) is 11.6 Å². The molecule has 0 amide bonds. The third kappa shape index (κ3) is 1.96. The molecule has 5 heteroatoms. The summed E-state index contributed by atoms with van der Waals surface area (Å²) in [7, 11) is 0. The number of aldehydes is 1. The van der Waals surface area contributed by atoms with Gasteiger partial charge < -0.3 is 0 Å². The molecule has 0 saturated carbocycles. The van der Waals surface area contributed by atoms with E-state index in [2.05, 4.69) is 21.0 Å². The molecule has 15 heavy (non-hydrogen) atoms. The van der Waals surface area contributed by atoms with Crippen molar-refractivity contribution in [3.63, 3.8) is 0 Å². The number of nitrogens with zero attached hydrogens (tertiary/aromatic N) is 2. The van der Waals surface area contributed by atoms with Gasteiger partial charge in [-0.25, -0.2) is 4.68 Å². The fourth-order valence-corrected chi connectivity index (χ4v) is 1.89. The predicted molar refractivity (Wildman–Crippen MR) is 61.7 cm³/mol. The highest BCUT2D eigenvalue weighted by atomic mass is 79.9. The topological polar surface area (TPSA) is 34.9 Å². The standard InChI is InChI=1S/C10H6BrClN2O/c11-10-7(6-15)5-13-14(10)9-3-1-2-8(12)4-9/h1-6H. The average molecular weight is 286 g/mol. The monoisotopic (exact) mass is 284 g/mol. The van der Waals surface area contributed by atoms with Crippen LogP contribution in [0.4, 0.5) is 0 Å². The van der Waals surface area contributed by atoms with E-state index in [1.54, 1.807) is 16.8 Å². The van der Waals surface area contributed by atoms with Gasteiger partial charge in [-0.05, 0) is 34.1 Å². The van der Waals surface area contributed by atoms with E-state index in [0.29, 0.717) is 15.2 Å². The van der Waals surface area contributed by atoms with Crippen LogP contribution in [0.5, 0.6) is 0 Å². The number of rotatable bonds is 2. The Morgan fingerprint density at radius 1 is 1.47 bits per heavy atom. The Kier molecular flexibility index (Phi) is 2.88. The molecule has 3 nitrogen and oxygen atoms in total. The molecule has 0 aliphatic carbocycles. The zero-order chi connectivity index (χ0) is 10.8. The minimum Gasteiger partial charge on any atom is -0.298 e. The molecule has 0 atom stereocenters. The minimum absolute atomic E-state index is 0.509. The maximum absolute atomic E-state index is 10.6. The Bertz CT molecular complexity index is 510. The first-order valence-electron chi connectivity index (χ1n) is 4.17. The summed E-state index contributed by atoms with van der Waals surface area (Å²) in [5, 5.41) is 4.71. The number of halogens is 2. The zero-order valence-electron chi connectivity index (χ0n) is 7.52. The van der Waals surface area contributed by atoms with Gasteiger partial charge in [0.25, 0.3) is 0 Å². The van der Waals surface area contributed by atoms with Crippen LogP contribution in [0, 0.1) is 0 Å². The van der Waals surface area contributed by atoms with Crippen molar-refractivity contribution in [3.8, 4) is 5.69 Å². The zero-order valence-corrected chi connectivity index (χ0v) is 9.86. The first-order valence-corrected chi connectivity index (χ1v) is 5.34. The van der Waals surface area contributed by atoms with Crippen LogP contribution in [0.25, 0.3) is 5.69 Å². The molecule has 0 aliphatic rings. The molecular formula is C10H6BrClN2O. The summed E-state index contributed by atoms with van der Waals surface area (Å²) < 4.78 is 2.23. The Labute approximate surface area is 99.8 Å². The van der Waals surface area contributed by atoms with Gasteiger partial charge in [-0.3, -0.25) is 4.79 Å². The molecule has 0 spiro atoms. The molecule has 0 aliphatic heterocycles. The van der Waals surface area contributed by atoms with Crippen LogP contribution < -0.4 is 0 Å². The van der Waals surface area contributed by atoms with Crippen LogP contribution in [-0.4, -0.2) is 16.1 Å². The highest BCUT2D eigenvalue weighted by molar-refractivity contribution is 9.10. The van der Waals surface area contributed by atoms with E-state index in [0.717, 1.165) is 12.0 Å². The van der Waals surface area contributed by atoms with Crippen LogP contribution in [-0.2, 0) is 0 Å². The summed E-state index contributed by atoms with van der Waals surface area (Å²) in [6.45, 7) is 0. The number of aromatic nitrogens is 2. The molecule has 0 radical (unpaired) electrons. The van der Waals surface area contributed by atoms with E-state index >= 15 is 0 Å². The van der Waals surface area contributed by atoms with Gasteiger partial charge in [-0.1, -0.05) is 17.7 Å². The van der Waals surface area contributed by atoms with Gasteiger partial charge in [0.2, 0.25) is 0 Å². The summed E-state index contributed by atoms with van der Waals surface area (Å²) in [5.74, 6) is 0. The van der Waals surface area contributed by atoms with Gasteiger partial charge in [-0.15, -0.1) is 0 Å². The van der Waals surface area contributed by atoms with Crippen molar-refractivity contribution in [2.24, 2.45) is 0 Å². The van der Waals surface area contributed by atoms with Crippen molar-refractivity contribution < 1.29 is 4.79 Å². The highest BCUT2D eigenvalue weighted by Gasteiger charge is 2.08. The molecule has 0 bridgehead atoms. The Morgan fingerprint density at radius 2 is 2.27 bits per heavy atom. The highest BCUT2D eigenvalue weighted by Crippen LogP contribution is 2.21. The van der Waals surface area contributed by atoms with Gasteiger partial charge >= 0.3 is 0 Å². The molecular weight excluding hydrogens is 279 g/mol. The largest absolute Gasteiger partial charge is 0.298 e. The number of hydrogen-bond donors (Lipinski definition) is 0. The lowest BCUT2D eigenvalue weighted by Gasteiger charge is -2.03. The molecule has 0 fully saturated rings. The third-order valence-corrected chi connectivity index (χ3v) is 2.95. The van der Waals surface area contributed by atoms with E-state index in [9.17, 15) is 4.79 Å². The summed E-state index contributed by atoms with van der Waals surface area (Å²) in [6.07, 6.45) is 2.25. The van der Waals surface area contributed by atoms with Crippen molar-refractivity contribution in [1.82, 2.24) is 9.78 Å². The van der Waals surface area contributed by atoms with Crippen LogP contribution in [0.1, 0.15) is 10.4 Å². The molecule has 0 unspecified atom stereocenters. The molecule has 2 rings (SSSR count). The van der Waals surface area contributed by atoms with E-state index in [-0.39, 0.29) is 0 Å². The van der Waals surface area contributed by atoms with Gasteiger partial charge in [-0.2, -0.15) is 5.10 Å². The van der Waals surface area contributed by atoms with Crippen molar-refractivity contribution in [2.75, 3.05) is 0 Å². The first-order chi connectivity index (χ1) is 7.22. The maximum atomic E-state index is 10.6. The quantitative estimate of drug-likeness (QED) is 0.795. The maximum Gasteiger partial charge on any atom is 0.154 e. The fourth-order valence-electron chi connectivity index (χ4n) is 1.21. The lowest BCUT2D eigenvalue weighted by Crippen LogP contribution is -1.96. The molecule has 0 saturated heterocycles. The Balaban J connectivity index is 2.54. The number of hydrogen-bond acceptors (Lipinski definition) is 2. The second-order valence-electron chi connectivity index (χ2n) is 2.90. The number of carbonyl (C=O) groups excluding carboxylic acids is 1. The molecule has 1 aromatic heterocycles. The van der Waals surface area contributed by atoms with Gasteiger partial charge in [0, 0.05) is 5.02 Å². The van der Waals surface area contributed by atoms with Gasteiger partial charge in [0.05, 0.1) is 17.4 Å². The minimum atomic E-state index is 0.509. The SMILES string of the molecule is O=Cc1cnn(-c2cccc(Cl)c2)c1Br. The molecule has 2 aromatic rings. The van der Waals surface area contributed by atoms with Crippen molar-refractivity contribution in [3.05, 3.63) is 45.7 Å². The number of carbonyl (C=O) groups is 1. The molecule has 76 valence electrons. The molecule has 1 heterocycles. The summed E-state index contributed by atoms with van der Waals surface area (Å²) in [5.41, 5.74) is 1.32. The summed E-state index contributed by atoms with van der Waals surface area (Å²) >= 11 is 9.16. The van der Waals surface area contributed by atoms with E-state index in [1.165, 1.54) is 6.20 Å². The van der Waals surface area contributed by atoms with Crippen molar-refractivity contribution >= 4 is 33.8 Å². The van der Waals surface area contributed by atoms with E-state index < -0.39 is 0 Å². The fraction of sp³-hybridized carbons (Fsp3) is 0. The third-order valence-electron chi connectivity index (χ3n) is 1.92. The van der Waals surface area contributed by atoms with Crippen molar-refractivity contribution in [2.45, 2.75) is 0 Å². The summed E-state index contributed by atoms with van der Waals surface area (Å²) in [4.78, 5) is 10.6. The number of benzene rings is 1.